The van der Waals surface area contributed by atoms with Gasteiger partial charge in [0.2, 0.25) is 0 Å². The second kappa shape index (κ2) is 7.12. The van der Waals surface area contributed by atoms with Crippen LogP contribution in [0.2, 0.25) is 5.02 Å². The second-order valence-electron chi connectivity index (χ2n) is 3.22. The van der Waals surface area contributed by atoms with E-state index in [9.17, 15) is 0 Å². The normalized spacial score (nSPS) is 12.7. The minimum atomic E-state index is 0.241. The predicted octanol–water partition coefficient (Wildman–Crippen LogP) is 2.46. The van der Waals surface area contributed by atoms with Crippen LogP contribution in [0.3, 0.4) is 0 Å². The summed E-state index contributed by atoms with van der Waals surface area (Å²) in [6, 6.07) is 7.77. The van der Waals surface area contributed by atoms with Gasteiger partial charge in [0.25, 0.3) is 0 Å². The van der Waals surface area contributed by atoms with Gasteiger partial charge in [-0.25, -0.2) is 0 Å². The summed E-state index contributed by atoms with van der Waals surface area (Å²) in [6.45, 7) is 0.850. The van der Waals surface area contributed by atoms with Crippen molar-refractivity contribution in [3.05, 3.63) is 34.9 Å². The van der Waals surface area contributed by atoms with E-state index in [1.807, 2.05) is 24.3 Å². The molecule has 0 saturated heterocycles. The number of aliphatic hydroxyl groups excluding tert-OH is 1. The molecule has 84 valence electrons. The number of aliphatic hydroxyl groups is 1. The molecule has 0 aliphatic carbocycles. The molecule has 15 heavy (non-hydrogen) atoms. The SMILES string of the molecule is NCC(SCCCO)c1ccc(Cl)cc1. The largest absolute Gasteiger partial charge is 0.396 e. The van der Waals surface area contributed by atoms with Crippen LogP contribution in [0.4, 0.5) is 0 Å². The predicted molar refractivity (Wildman–Crippen MR) is 67.4 cm³/mol. The van der Waals surface area contributed by atoms with Crippen LogP contribution in [0.25, 0.3) is 0 Å². The number of rotatable bonds is 6. The quantitative estimate of drug-likeness (QED) is 0.757. The lowest BCUT2D eigenvalue weighted by Crippen LogP contribution is -2.10. The van der Waals surface area contributed by atoms with E-state index in [1.54, 1.807) is 11.8 Å². The summed E-state index contributed by atoms with van der Waals surface area (Å²) in [5, 5.41) is 9.74. The smallest absolute Gasteiger partial charge is 0.0438 e. The zero-order chi connectivity index (χ0) is 11.1. The van der Waals surface area contributed by atoms with Crippen LogP contribution >= 0.6 is 23.4 Å². The molecule has 1 aromatic carbocycles. The second-order valence-corrected chi connectivity index (χ2v) is 4.97. The molecule has 1 atom stereocenters. The fraction of sp³-hybridized carbons (Fsp3) is 0.455. The van der Waals surface area contributed by atoms with Gasteiger partial charge in [-0.05, 0) is 29.9 Å². The van der Waals surface area contributed by atoms with Gasteiger partial charge >= 0.3 is 0 Å². The lowest BCUT2D eigenvalue weighted by molar-refractivity contribution is 0.296. The van der Waals surface area contributed by atoms with Gasteiger partial charge < -0.3 is 10.8 Å². The van der Waals surface area contributed by atoms with Crippen LogP contribution in [-0.4, -0.2) is 24.0 Å². The van der Waals surface area contributed by atoms with Crippen LogP contribution in [0, 0.1) is 0 Å². The summed E-state index contributed by atoms with van der Waals surface area (Å²) in [6.07, 6.45) is 0.814. The molecule has 1 unspecified atom stereocenters. The molecule has 1 aromatic rings. The van der Waals surface area contributed by atoms with E-state index >= 15 is 0 Å². The molecule has 0 heterocycles. The number of hydrogen-bond acceptors (Lipinski definition) is 3. The molecule has 1 rings (SSSR count). The van der Waals surface area contributed by atoms with Gasteiger partial charge in [-0.2, -0.15) is 11.8 Å². The van der Waals surface area contributed by atoms with E-state index in [0.29, 0.717) is 11.8 Å². The van der Waals surface area contributed by atoms with Crippen LogP contribution < -0.4 is 5.73 Å². The first-order chi connectivity index (χ1) is 7.27. The molecule has 2 nitrogen and oxygen atoms in total. The summed E-state index contributed by atoms with van der Waals surface area (Å²) < 4.78 is 0. The van der Waals surface area contributed by atoms with E-state index in [2.05, 4.69) is 0 Å². The maximum atomic E-state index is 8.70. The van der Waals surface area contributed by atoms with Crippen LogP contribution in [0.5, 0.6) is 0 Å². The van der Waals surface area contributed by atoms with Crippen molar-refractivity contribution in [2.24, 2.45) is 5.73 Å². The highest BCUT2D eigenvalue weighted by atomic mass is 35.5. The van der Waals surface area contributed by atoms with Gasteiger partial charge in [0.05, 0.1) is 0 Å². The highest BCUT2D eigenvalue weighted by Crippen LogP contribution is 2.28. The van der Waals surface area contributed by atoms with E-state index in [-0.39, 0.29) is 6.61 Å². The summed E-state index contributed by atoms with van der Waals surface area (Å²) in [5.74, 6) is 0.932. The molecule has 0 amide bonds. The Morgan fingerprint density at radius 1 is 1.33 bits per heavy atom. The van der Waals surface area contributed by atoms with Gasteiger partial charge in [0.1, 0.15) is 0 Å². The Hall–Kier alpha value is -0.220. The Bertz CT molecular complexity index is 278. The van der Waals surface area contributed by atoms with Crippen molar-refractivity contribution >= 4 is 23.4 Å². The third-order valence-corrected chi connectivity index (χ3v) is 3.72. The van der Waals surface area contributed by atoms with E-state index < -0.39 is 0 Å². The minimum absolute atomic E-state index is 0.241. The molecule has 0 aliphatic rings. The lowest BCUT2D eigenvalue weighted by Gasteiger charge is -2.14. The summed E-state index contributed by atoms with van der Waals surface area (Å²) in [7, 11) is 0. The molecule has 0 aliphatic heterocycles. The highest BCUT2D eigenvalue weighted by molar-refractivity contribution is 7.99. The Kier molecular flexibility index (Phi) is 6.10. The fourth-order valence-corrected chi connectivity index (χ4v) is 2.46. The lowest BCUT2D eigenvalue weighted by atomic mass is 10.1. The average Bonchev–Trinajstić information content (AvgIpc) is 2.26. The van der Waals surface area contributed by atoms with Crippen LogP contribution in [0.1, 0.15) is 17.2 Å². The fourth-order valence-electron chi connectivity index (χ4n) is 1.27. The average molecular weight is 246 g/mol. The van der Waals surface area contributed by atoms with Gasteiger partial charge in [0, 0.05) is 23.4 Å². The van der Waals surface area contributed by atoms with Crippen molar-refractivity contribution in [3.63, 3.8) is 0 Å². The molecule has 0 bridgehead atoms. The van der Waals surface area contributed by atoms with Crippen molar-refractivity contribution in [1.29, 1.82) is 0 Å². The monoisotopic (exact) mass is 245 g/mol. The molecule has 0 spiro atoms. The van der Waals surface area contributed by atoms with E-state index in [1.165, 1.54) is 5.56 Å². The Labute approximate surface area is 99.8 Å². The van der Waals surface area contributed by atoms with Crippen molar-refractivity contribution < 1.29 is 5.11 Å². The van der Waals surface area contributed by atoms with E-state index in [0.717, 1.165) is 17.2 Å². The highest BCUT2D eigenvalue weighted by Gasteiger charge is 2.09. The van der Waals surface area contributed by atoms with Crippen molar-refractivity contribution in [1.82, 2.24) is 0 Å². The third-order valence-electron chi connectivity index (χ3n) is 2.08. The van der Waals surface area contributed by atoms with Crippen LogP contribution in [0.15, 0.2) is 24.3 Å². The van der Waals surface area contributed by atoms with Crippen LogP contribution in [-0.2, 0) is 0 Å². The van der Waals surface area contributed by atoms with Gasteiger partial charge in [-0.15, -0.1) is 0 Å². The van der Waals surface area contributed by atoms with Gasteiger partial charge in [-0.1, -0.05) is 23.7 Å². The molecule has 0 saturated carbocycles. The number of thioether (sulfide) groups is 1. The number of nitrogens with two attached hydrogens (primary N) is 1. The summed E-state index contributed by atoms with van der Waals surface area (Å²) in [5.41, 5.74) is 6.91. The first kappa shape index (κ1) is 12.8. The molecule has 0 aromatic heterocycles. The summed E-state index contributed by atoms with van der Waals surface area (Å²) in [4.78, 5) is 0. The zero-order valence-corrected chi connectivity index (χ0v) is 10.1. The number of hydrogen-bond donors (Lipinski definition) is 2. The molecular formula is C11H16ClNOS. The third kappa shape index (κ3) is 4.43. The first-order valence-electron chi connectivity index (χ1n) is 4.96. The van der Waals surface area contributed by atoms with Gasteiger partial charge in [-0.3, -0.25) is 0 Å². The molecule has 0 fully saturated rings. The standard InChI is InChI=1S/C11H16ClNOS/c12-10-4-2-9(3-5-10)11(8-13)15-7-1-6-14/h2-5,11,14H,1,6-8,13H2. The maximum Gasteiger partial charge on any atom is 0.0438 e. The topological polar surface area (TPSA) is 46.2 Å². The molecule has 3 N–H and O–H groups in total. The van der Waals surface area contributed by atoms with Gasteiger partial charge in [0.15, 0.2) is 0 Å². The summed E-state index contributed by atoms with van der Waals surface area (Å²) >= 11 is 7.59. The number of benzene rings is 1. The molecule has 0 radical (unpaired) electrons. The van der Waals surface area contributed by atoms with Crippen molar-refractivity contribution in [3.8, 4) is 0 Å². The first-order valence-corrected chi connectivity index (χ1v) is 6.38. The van der Waals surface area contributed by atoms with Crippen molar-refractivity contribution in [2.75, 3.05) is 18.9 Å². The molecular weight excluding hydrogens is 230 g/mol. The number of halogens is 1. The van der Waals surface area contributed by atoms with Crippen molar-refractivity contribution in [2.45, 2.75) is 11.7 Å². The Balaban J connectivity index is 2.53. The Morgan fingerprint density at radius 2 is 2.00 bits per heavy atom. The minimum Gasteiger partial charge on any atom is -0.396 e. The molecule has 4 heteroatoms. The van der Waals surface area contributed by atoms with E-state index in [4.69, 9.17) is 22.4 Å². The zero-order valence-electron chi connectivity index (χ0n) is 8.53. The maximum absolute atomic E-state index is 8.70. The Morgan fingerprint density at radius 3 is 2.53 bits per heavy atom.